The second kappa shape index (κ2) is 8.11. The van der Waals surface area contributed by atoms with Gasteiger partial charge in [0, 0.05) is 4.92 Å². The molecule has 0 unspecified atom stereocenters. The zero-order valence-electron chi connectivity index (χ0n) is 12.8. The number of hydrogen-bond acceptors (Lipinski definition) is 6. The van der Waals surface area contributed by atoms with Crippen molar-refractivity contribution >= 4 is 11.8 Å². The van der Waals surface area contributed by atoms with Gasteiger partial charge >= 0.3 is 5.97 Å². The van der Waals surface area contributed by atoms with Gasteiger partial charge in [-0.15, -0.1) is 0 Å². The summed E-state index contributed by atoms with van der Waals surface area (Å²) in [5, 5.41) is 10.9. The monoisotopic (exact) mass is 309 g/mol. The average Bonchev–Trinajstić information content (AvgIpc) is 2.46. The number of methoxy groups -OCH3 is 1. The number of esters is 1. The molecule has 0 heterocycles. The molecule has 0 aliphatic heterocycles. The maximum Gasteiger partial charge on any atom is 0.317 e. The minimum Gasteiger partial charge on any atom is -0.497 e. The maximum absolute atomic E-state index is 12.0. The number of rotatable bonds is 8. The lowest BCUT2D eigenvalue weighted by Crippen LogP contribution is -2.34. The third kappa shape index (κ3) is 4.54. The molecule has 0 aliphatic carbocycles. The zero-order valence-corrected chi connectivity index (χ0v) is 12.8. The summed E-state index contributed by atoms with van der Waals surface area (Å²) in [6.07, 6.45) is 0. The van der Waals surface area contributed by atoms with Crippen molar-refractivity contribution in [1.82, 2.24) is 0 Å². The van der Waals surface area contributed by atoms with Crippen LogP contribution in [0.2, 0.25) is 0 Å². The average molecular weight is 309 g/mol. The van der Waals surface area contributed by atoms with Gasteiger partial charge in [-0.1, -0.05) is 12.1 Å². The smallest absolute Gasteiger partial charge is 0.317 e. The van der Waals surface area contributed by atoms with E-state index >= 15 is 0 Å². The first-order valence-corrected chi connectivity index (χ1v) is 6.83. The van der Waals surface area contributed by atoms with E-state index in [1.165, 1.54) is 14.0 Å². The Labute approximate surface area is 128 Å². The van der Waals surface area contributed by atoms with Crippen LogP contribution in [0.25, 0.3) is 0 Å². The maximum atomic E-state index is 12.0. The minimum atomic E-state index is -1.20. The molecule has 0 bridgehead atoms. The van der Waals surface area contributed by atoms with E-state index in [1.807, 2.05) is 0 Å². The highest BCUT2D eigenvalue weighted by Crippen LogP contribution is 2.28. The Morgan fingerprint density at radius 3 is 2.27 bits per heavy atom. The SMILES string of the molecule is CCOC(=O)[C@@H](C(C)=O)[C@H](C[N+](=O)[O-])c1ccc(OC)cc1. The number of benzene rings is 1. The first-order chi connectivity index (χ1) is 10.4. The van der Waals surface area contributed by atoms with Crippen LogP contribution in [-0.4, -0.2) is 36.9 Å². The van der Waals surface area contributed by atoms with Crippen molar-refractivity contribution in [3.05, 3.63) is 39.9 Å². The molecule has 0 radical (unpaired) electrons. The van der Waals surface area contributed by atoms with Crippen LogP contribution < -0.4 is 4.74 Å². The van der Waals surface area contributed by atoms with Crippen LogP contribution in [0.3, 0.4) is 0 Å². The van der Waals surface area contributed by atoms with Gasteiger partial charge in [-0.25, -0.2) is 0 Å². The molecule has 0 N–H and O–H groups in total. The van der Waals surface area contributed by atoms with E-state index in [9.17, 15) is 19.7 Å². The van der Waals surface area contributed by atoms with E-state index in [4.69, 9.17) is 9.47 Å². The van der Waals surface area contributed by atoms with E-state index in [-0.39, 0.29) is 6.61 Å². The molecule has 2 atom stereocenters. The zero-order chi connectivity index (χ0) is 16.7. The molecule has 0 spiro atoms. The van der Waals surface area contributed by atoms with Gasteiger partial charge in [0.15, 0.2) is 0 Å². The number of carbonyl (C=O) groups is 2. The summed E-state index contributed by atoms with van der Waals surface area (Å²) < 4.78 is 9.92. The lowest BCUT2D eigenvalue weighted by molar-refractivity contribution is -0.484. The van der Waals surface area contributed by atoms with Gasteiger partial charge in [0.2, 0.25) is 6.54 Å². The fourth-order valence-corrected chi connectivity index (χ4v) is 2.26. The number of ether oxygens (including phenoxy) is 2. The predicted octanol–water partition coefficient (Wildman–Crippen LogP) is 1.82. The van der Waals surface area contributed by atoms with Gasteiger partial charge in [-0.05, 0) is 31.5 Å². The minimum absolute atomic E-state index is 0.108. The number of nitro groups is 1. The Hall–Kier alpha value is -2.44. The van der Waals surface area contributed by atoms with Crippen molar-refractivity contribution in [3.8, 4) is 5.75 Å². The largest absolute Gasteiger partial charge is 0.497 e. The Balaban J connectivity index is 3.19. The fourth-order valence-electron chi connectivity index (χ4n) is 2.26. The molecule has 0 saturated heterocycles. The van der Waals surface area contributed by atoms with Gasteiger partial charge in [-0.3, -0.25) is 19.7 Å². The lowest BCUT2D eigenvalue weighted by atomic mass is 9.83. The Morgan fingerprint density at radius 2 is 1.86 bits per heavy atom. The van der Waals surface area contributed by atoms with Crippen LogP contribution in [-0.2, 0) is 14.3 Å². The summed E-state index contributed by atoms with van der Waals surface area (Å²) >= 11 is 0. The van der Waals surface area contributed by atoms with E-state index in [2.05, 4.69) is 0 Å². The first kappa shape index (κ1) is 17.6. The quantitative estimate of drug-likeness (QED) is 0.314. The molecule has 1 aromatic rings. The predicted molar refractivity (Wildman–Crippen MR) is 78.4 cm³/mol. The molecular formula is C15H19NO6. The van der Waals surface area contributed by atoms with Crippen LogP contribution in [0.1, 0.15) is 25.3 Å². The van der Waals surface area contributed by atoms with E-state index < -0.39 is 35.1 Å². The van der Waals surface area contributed by atoms with Crippen LogP contribution in [0, 0.1) is 16.0 Å². The van der Waals surface area contributed by atoms with E-state index in [0.29, 0.717) is 11.3 Å². The second-order valence-electron chi connectivity index (χ2n) is 4.74. The number of ketones is 1. The van der Waals surface area contributed by atoms with Gasteiger partial charge in [0.1, 0.15) is 17.5 Å². The van der Waals surface area contributed by atoms with Crippen molar-refractivity contribution in [2.45, 2.75) is 19.8 Å². The fraction of sp³-hybridized carbons (Fsp3) is 0.467. The molecule has 0 amide bonds. The molecule has 1 aromatic carbocycles. The summed E-state index contributed by atoms with van der Waals surface area (Å²) in [4.78, 5) is 34.2. The number of nitrogens with zero attached hydrogens (tertiary/aromatic N) is 1. The molecule has 7 nitrogen and oxygen atoms in total. The molecular weight excluding hydrogens is 290 g/mol. The van der Waals surface area contributed by atoms with Gasteiger partial charge in [-0.2, -0.15) is 0 Å². The summed E-state index contributed by atoms with van der Waals surface area (Å²) in [5.41, 5.74) is 0.519. The normalized spacial score (nSPS) is 13.0. The Kier molecular flexibility index (Phi) is 6.49. The van der Waals surface area contributed by atoms with Crippen molar-refractivity contribution < 1.29 is 24.0 Å². The van der Waals surface area contributed by atoms with Crippen molar-refractivity contribution in [1.29, 1.82) is 0 Å². The van der Waals surface area contributed by atoms with Crippen molar-refractivity contribution in [2.24, 2.45) is 5.92 Å². The third-order valence-electron chi connectivity index (χ3n) is 3.27. The molecule has 7 heteroatoms. The highest BCUT2D eigenvalue weighted by atomic mass is 16.6. The van der Waals surface area contributed by atoms with Gasteiger partial charge in [0.25, 0.3) is 0 Å². The first-order valence-electron chi connectivity index (χ1n) is 6.83. The second-order valence-corrected chi connectivity index (χ2v) is 4.74. The number of Topliss-reactive ketones (excluding diaryl/α,β-unsaturated/α-hetero) is 1. The van der Waals surface area contributed by atoms with Crippen LogP contribution in [0.5, 0.6) is 5.75 Å². The summed E-state index contributed by atoms with van der Waals surface area (Å²) in [6.45, 7) is 2.43. The highest BCUT2D eigenvalue weighted by molar-refractivity contribution is 5.98. The molecule has 0 aromatic heterocycles. The van der Waals surface area contributed by atoms with Crippen LogP contribution in [0.15, 0.2) is 24.3 Å². The van der Waals surface area contributed by atoms with Crippen LogP contribution >= 0.6 is 0 Å². The molecule has 120 valence electrons. The Morgan fingerprint density at radius 1 is 1.27 bits per heavy atom. The number of hydrogen-bond donors (Lipinski definition) is 0. The molecule has 1 rings (SSSR count). The Bertz CT molecular complexity index is 539. The van der Waals surface area contributed by atoms with Gasteiger partial charge in [0.05, 0.1) is 19.6 Å². The molecule has 22 heavy (non-hydrogen) atoms. The van der Waals surface area contributed by atoms with Crippen molar-refractivity contribution in [2.75, 3.05) is 20.3 Å². The standard InChI is InChI=1S/C15H19NO6/c1-4-22-15(18)14(10(2)17)13(9-16(19)20)11-5-7-12(21-3)8-6-11/h5-8,13-14H,4,9H2,1-3H3/t13-,14+/m1/s1. The van der Waals surface area contributed by atoms with Crippen LogP contribution in [0.4, 0.5) is 0 Å². The number of carbonyl (C=O) groups excluding carboxylic acids is 2. The summed E-state index contributed by atoms with van der Waals surface area (Å²) in [7, 11) is 1.50. The lowest BCUT2D eigenvalue weighted by Gasteiger charge is -2.21. The third-order valence-corrected chi connectivity index (χ3v) is 3.27. The van der Waals surface area contributed by atoms with Crippen molar-refractivity contribution in [3.63, 3.8) is 0 Å². The molecule has 0 aliphatic rings. The highest BCUT2D eigenvalue weighted by Gasteiger charge is 2.37. The summed E-state index contributed by atoms with van der Waals surface area (Å²) in [6, 6.07) is 6.49. The topological polar surface area (TPSA) is 95.7 Å². The van der Waals surface area contributed by atoms with E-state index in [1.54, 1.807) is 31.2 Å². The molecule has 0 fully saturated rings. The molecule has 0 saturated carbocycles. The van der Waals surface area contributed by atoms with Gasteiger partial charge < -0.3 is 9.47 Å². The summed E-state index contributed by atoms with van der Waals surface area (Å²) in [5.74, 6) is -2.69. The van der Waals surface area contributed by atoms with E-state index in [0.717, 1.165) is 0 Å².